The van der Waals surface area contributed by atoms with Crippen LogP contribution in [-0.4, -0.2) is 43.1 Å². The number of piperidine rings is 1. The lowest BCUT2D eigenvalue weighted by atomic mass is 9.99. The average molecular weight is 280 g/mol. The number of carbonyl (C=O) groups is 1. The molecule has 1 aliphatic heterocycles. The standard InChI is InChI=1S/C17H27FNO/c1-19(12-6-3-7-13-19)11-5-2-4-8-15-9-10-16(18)17(20)14-15/h9-10,14,16H,2-8,11-13H2,1H3/q+1. The molecule has 0 aromatic rings. The Morgan fingerprint density at radius 3 is 2.65 bits per heavy atom. The highest BCUT2D eigenvalue weighted by molar-refractivity contribution is 5.97. The zero-order valence-corrected chi connectivity index (χ0v) is 12.6. The van der Waals surface area contributed by atoms with Gasteiger partial charge in [0.1, 0.15) is 0 Å². The molecule has 1 saturated heterocycles. The van der Waals surface area contributed by atoms with Gasteiger partial charge in [0.2, 0.25) is 0 Å². The number of hydrogen-bond acceptors (Lipinski definition) is 1. The number of carbonyl (C=O) groups excluding carboxylic acids is 1. The fourth-order valence-electron chi connectivity index (χ4n) is 3.27. The molecule has 1 atom stereocenters. The summed E-state index contributed by atoms with van der Waals surface area (Å²) in [7, 11) is 2.38. The van der Waals surface area contributed by atoms with Crippen molar-refractivity contribution in [3.05, 3.63) is 23.8 Å². The van der Waals surface area contributed by atoms with Crippen molar-refractivity contribution in [2.45, 2.75) is 51.1 Å². The van der Waals surface area contributed by atoms with Crippen molar-refractivity contribution in [3.63, 3.8) is 0 Å². The van der Waals surface area contributed by atoms with Gasteiger partial charge in [0.15, 0.2) is 12.0 Å². The van der Waals surface area contributed by atoms with E-state index in [-0.39, 0.29) is 0 Å². The highest BCUT2D eigenvalue weighted by Crippen LogP contribution is 2.19. The monoisotopic (exact) mass is 280 g/mol. The minimum Gasteiger partial charge on any atom is -0.326 e. The van der Waals surface area contributed by atoms with Gasteiger partial charge in [-0.1, -0.05) is 6.08 Å². The molecule has 0 amide bonds. The van der Waals surface area contributed by atoms with Gasteiger partial charge >= 0.3 is 0 Å². The number of alkyl halides is 1. The summed E-state index contributed by atoms with van der Waals surface area (Å²) in [5, 5.41) is 0. The molecule has 0 N–H and O–H groups in total. The lowest BCUT2D eigenvalue weighted by Gasteiger charge is -2.37. The largest absolute Gasteiger partial charge is 0.326 e. The van der Waals surface area contributed by atoms with Gasteiger partial charge in [-0.3, -0.25) is 4.79 Å². The van der Waals surface area contributed by atoms with Crippen LogP contribution in [0.3, 0.4) is 0 Å². The summed E-state index contributed by atoms with van der Waals surface area (Å²) < 4.78 is 14.2. The molecule has 20 heavy (non-hydrogen) atoms. The fourth-order valence-corrected chi connectivity index (χ4v) is 3.27. The first kappa shape index (κ1) is 15.4. The van der Waals surface area contributed by atoms with Crippen molar-refractivity contribution in [1.29, 1.82) is 0 Å². The van der Waals surface area contributed by atoms with Gasteiger partial charge in [0.05, 0.1) is 26.7 Å². The van der Waals surface area contributed by atoms with E-state index >= 15 is 0 Å². The Hall–Kier alpha value is -0.960. The fraction of sp³-hybridized carbons (Fsp3) is 0.706. The molecule has 0 radical (unpaired) electrons. The van der Waals surface area contributed by atoms with E-state index in [1.165, 1.54) is 68.4 Å². The number of quaternary nitrogens is 1. The molecule has 0 saturated carbocycles. The first-order valence-electron chi connectivity index (χ1n) is 7.99. The van der Waals surface area contributed by atoms with E-state index in [2.05, 4.69) is 7.05 Å². The van der Waals surface area contributed by atoms with Crippen LogP contribution >= 0.6 is 0 Å². The van der Waals surface area contributed by atoms with Gasteiger partial charge in [0.25, 0.3) is 0 Å². The van der Waals surface area contributed by atoms with Crippen LogP contribution in [0, 0.1) is 0 Å². The van der Waals surface area contributed by atoms with Gasteiger partial charge in [-0.15, -0.1) is 0 Å². The highest BCUT2D eigenvalue weighted by atomic mass is 19.1. The predicted molar refractivity (Wildman–Crippen MR) is 80.2 cm³/mol. The first-order chi connectivity index (χ1) is 9.59. The second-order valence-corrected chi connectivity index (χ2v) is 6.54. The summed E-state index contributed by atoms with van der Waals surface area (Å²) in [4.78, 5) is 11.2. The van der Waals surface area contributed by atoms with Crippen LogP contribution in [-0.2, 0) is 4.79 Å². The minimum atomic E-state index is -1.41. The van der Waals surface area contributed by atoms with E-state index in [9.17, 15) is 9.18 Å². The second-order valence-electron chi connectivity index (χ2n) is 6.54. The Kier molecular flexibility index (Phi) is 5.53. The molecule has 1 aliphatic carbocycles. The van der Waals surface area contributed by atoms with E-state index in [0.29, 0.717) is 0 Å². The Labute approximate surface area is 121 Å². The van der Waals surface area contributed by atoms with Crippen molar-refractivity contribution in [2.75, 3.05) is 26.7 Å². The van der Waals surface area contributed by atoms with E-state index in [1.807, 2.05) is 0 Å². The summed E-state index contributed by atoms with van der Waals surface area (Å²) in [5.74, 6) is -0.395. The quantitative estimate of drug-likeness (QED) is 0.537. The Morgan fingerprint density at radius 2 is 1.95 bits per heavy atom. The second kappa shape index (κ2) is 7.16. The van der Waals surface area contributed by atoms with Crippen molar-refractivity contribution < 1.29 is 13.7 Å². The zero-order chi connectivity index (χ0) is 14.4. The van der Waals surface area contributed by atoms with Crippen molar-refractivity contribution >= 4 is 5.78 Å². The maximum Gasteiger partial charge on any atom is 0.193 e. The molecule has 1 heterocycles. The van der Waals surface area contributed by atoms with E-state index < -0.39 is 12.0 Å². The van der Waals surface area contributed by atoms with Gasteiger partial charge in [-0.05, 0) is 62.7 Å². The molecule has 2 nitrogen and oxygen atoms in total. The van der Waals surface area contributed by atoms with Crippen LogP contribution in [0.15, 0.2) is 23.8 Å². The highest BCUT2D eigenvalue weighted by Gasteiger charge is 2.23. The molecule has 0 aromatic carbocycles. The maximum atomic E-state index is 13.0. The van der Waals surface area contributed by atoms with E-state index in [4.69, 9.17) is 0 Å². The topological polar surface area (TPSA) is 17.1 Å². The van der Waals surface area contributed by atoms with E-state index in [0.717, 1.165) is 18.4 Å². The number of likely N-dealkylation sites (tertiary alicyclic amines) is 1. The summed E-state index contributed by atoms with van der Waals surface area (Å²) >= 11 is 0. The Bertz CT molecular complexity index is 394. The van der Waals surface area contributed by atoms with Crippen LogP contribution in [0.4, 0.5) is 4.39 Å². The molecule has 0 spiro atoms. The molecule has 2 aliphatic rings. The third-order valence-corrected chi connectivity index (χ3v) is 4.64. The molecule has 2 rings (SSSR count). The van der Waals surface area contributed by atoms with Crippen molar-refractivity contribution in [3.8, 4) is 0 Å². The smallest absolute Gasteiger partial charge is 0.193 e. The molecule has 1 fully saturated rings. The van der Waals surface area contributed by atoms with Gasteiger partial charge < -0.3 is 4.48 Å². The van der Waals surface area contributed by atoms with Crippen LogP contribution in [0.25, 0.3) is 0 Å². The van der Waals surface area contributed by atoms with Crippen LogP contribution < -0.4 is 0 Å². The Morgan fingerprint density at radius 1 is 1.20 bits per heavy atom. The normalized spacial score (nSPS) is 25.6. The number of rotatable bonds is 6. The van der Waals surface area contributed by atoms with E-state index in [1.54, 1.807) is 6.08 Å². The van der Waals surface area contributed by atoms with Crippen molar-refractivity contribution in [2.24, 2.45) is 0 Å². The number of ketones is 1. The lowest BCUT2D eigenvalue weighted by molar-refractivity contribution is -0.914. The summed E-state index contributed by atoms with van der Waals surface area (Å²) in [6.45, 7) is 3.95. The molecule has 112 valence electrons. The van der Waals surface area contributed by atoms with Gasteiger partial charge in [0, 0.05) is 0 Å². The summed E-state index contributed by atoms with van der Waals surface area (Å²) in [5.41, 5.74) is 0.988. The third-order valence-electron chi connectivity index (χ3n) is 4.64. The predicted octanol–water partition coefficient (Wildman–Crippen LogP) is 3.58. The molecule has 1 unspecified atom stereocenters. The molecule has 0 aromatic heterocycles. The lowest BCUT2D eigenvalue weighted by Crippen LogP contribution is -2.48. The first-order valence-corrected chi connectivity index (χ1v) is 7.99. The van der Waals surface area contributed by atoms with Crippen LogP contribution in [0.5, 0.6) is 0 Å². The number of allylic oxidation sites excluding steroid dienone is 4. The Balaban J connectivity index is 1.61. The van der Waals surface area contributed by atoms with Crippen molar-refractivity contribution in [1.82, 2.24) is 0 Å². The third kappa shape index (κ3) is 4.55. The molecular formula is C17H27FNO+. The van der Waals surface area contributed by atoms with Gasteiger partial charge in [-0.2, -0.15) is 0 Å². The number of halogens is 1. The number of unbranched alkanes of at least 4 members (excludes halogenated alkanes) is 2. The molecule has 0 bridgehead atoms. The summed E-state index contributed by atoms with van der Waals surface area (Å²) in [6.07, 6.45) is 11.8. The van der Waals surface area contributed by atoms with Crippen LogP contribution in [0.2, 0.25) is 0 Å². The maximum absolute atomic E-state index is 13.0. The molecular weight excluding hydrogens is 253 g/mol. The SMILES string of the molecule is C[N+]1(CCCCCC2=CC(=O)C(F)C=C2)CCCCC1. The minimum absolute atomic E-state index is 0.395. The molecule has 3 heteroatoms. The van der Waals surface area contributed by atoms with Gasteiger partial charge in [-0.25, -0.2) is 4.39 Å². The zero-order valence-electron chi connectivity index (χ0n) is 12.6. The number of hydrogen-bond donors (Lipinski definition) is 0. The summed E-state index contributed by atoms with van der Waals surface area (Å²) in [6, 6.07) is 0. The number of nitrogens with zero attached hydrogens (tertiary/aromatic N) is 1. The van der Waals surface area contributed by atoms with Crippen LogP contribution in [0.1, 0.15) is 44.9 Å². The average Bonchev–Trinajstić information content (AvgIpc) is 2.43.